The van der Waals surface area contributed by atoms with Gasteiger partial charge in [0.1, 0.15) is 5.69 Å². The first kappa shape index (κ1) is 24.0. The summed E-state index contributed by atoms with van der Waals surface area (Å²) in [6.45, 7) is 5.26. The lowest BCUT2D eigenvalue weighted by Crippen LogP contribution is -2.34. The third-order valence-corrected chi connectivity index (χ3v) is 7.19. The maximum absolute atomic E-state index is 12.7. The lowest BCUT2D eigenvalue weighted by atomic mass is 10.1. The molecule has 0 fully saturated rings. The molecule has 1 N–H and O–H groups in total. The van der Waals surface area contributed by atoms with E-state index in [1.165, 1.54) is 16.4 Å². The van der Waals surface area contributed by atoms with Crippen LogP contribution in [0.15, 0.2) is 52.5 Å². The maximum Gasteiger partial charge on any atom is 0.295 e. The van der Waals surface area contributed by atoms with Gasteiger partial charge in [0.05, 0.1) is 33.2 Å². The van der Waals surface area contributed by atoms with Crippen molar-refractivity contribution >= 4 is 38.9 Å². The Kier molecular flexibility index (Phi) is 6.89. The zero-order chi connectivity index (χ0) is 24.3. The SMILES string of the molecule is CCN(CC)S(=O)(=O)c1ccc(N/N=C(/C)CN2C(=O)c3ccccc3C2=O)c([N+](=O)[O-])c1. The number of carbonyl (C=O) groups excluding carboxylic acids is 2. The number of hydrazone groups is 1. The smallest absolute Gasteiger partial charge is 0.272 e. The van der Waals surface area contributed by atoms with Crippen LogP contribution in [0.5, 0.6) is 0 Å². The molecule has 1 aliphatic rings. The van der Waals surface area contributed by atoms with Crippen molar-refractivity contribution in [3.8, 4) is 0 Å². The van der Waals surface area contributed by atoms with Crippen LogP contribution < -0.4 is 5.43 Å². The van der Waals surface area contributed by atoms with Gasteiger partial charge >= 0.3 is 0 Å². The Morgan fingerprint density at radius 3 is 2.18 bits per heavy atom. The molecule has 0 saturated heterocycles. The molecule has 0 aliphatic carbocycles. The molecule has 12 heteroatoms. The van der Waals surface area contributed by atoms with Crippen LogP contribution in [0.25, 0.3) is 0 Å². The second kappa shape index (κ2) is 9.46. The summed E-state index contributed by atoms with van der Waals surface area (Å²) in [4.78, 5) is 36.6. The third kappa shape index (κ3) is 4.61. The van der Waals surface area contributed by atoms with Gasteiger partial charge in [0.25, 0.3) is 17.5 Å². The predicted octanol–water partition coefficient (Wildman–Crippen LogP) is 2.71. The van der Waals surface area contributed by atoms with E-state index < -0.39 is 32.4 Å². The Hall–Kier alpha value is -3.64. The fraction of sp³-hybridized carbons (Fsp3) is 0.286. The molecular weight excluding hydrogens is 450 g/mol. The molecule has 0 saturated carbocycles. The third-order valence-electron chi connectivity index (χ3n) is 5.14. The monoisotopic (exact) mass is 473 g/mol. The minimum atomic E-state index is -3.88. The molecule has 11 nitrogen and oxygen atoms in total. The normalized spacial score (nSPS) is 14.1. The molecule has 2 aromatic rings. The highest BCUT2D eigenvalue weighted by atomic mass is 32.2. The molecule has 0 atom stereocenters. The molecule has 0 spiro atoms. The van der Waals surface area contributed by atoms with Crippen LogP contribution in [0, 0.1) is 10.1 Å². The number of hydrogen-bond donors (Lipinski definition) is 1. The summed E-state index contributed by atoms with van der Waals surface area (Å²) in [5.74, 6) is -0.885. The van der Waals surface area contributed by atoms with E-state index in [-0.39, 0.29) is 30.2 Å². The number of nitrogens with one attached hydrogen (secondary N) is 1. The molecule has 3 rings (SSSR count). The average molecular weight is 474 g/mol. The lowest BCUT2D eigenvalue weighted by Gasteiger charge is -2.18. The van der Waals surface area contributed by atoms with Crippen LogP contribution in [-0.2, 0) is 10.0 Å². The number of anilines is 1. The van der Waals surface area contributed by atoms with Crippen molar-refractivity contribution in [2.75, 3.05) is 25.1 Å². The number of rotatable bonds is 9. The van der Waals surface area contributed by atoms with Crippen molar-refractivity contribution in [1.29, 1.82) is 0 Å². The van der Waals surface area contributed by atoms with E-state index in [1.54, 1.807) is 45.0 Å². The van der Waals surface area contributed by atoms with Crippen molar-refractivity contribution < 1.29 is 22.9 Å². The first-order valence-corrected chi connectivity index (χ1v) is 11.6. The largest absolute Gasteiger partial charge is 0.295 e. The van der Waals surface area contributed by atoms with Crippen LogP contribution in [0.3, 0.4) is 0 Å². The molecule has 0 bridgehead atoms. The van der Waals surface area contributed by atoms with Crippen molar-refractivity contribution in [3.63, 3.8) is 0 Å². The molecule has 2 amide bonds. The van der Waals surface area contributed by atoms with Gasteiger partial charge in [-0.2, -0.15) is 9.41 Å². The molecule has 2 aromatic carbocycles. The van der Waals surface area contributed by atoms with Gasteiger partial charge < -0.3 is 0 Å². The number of nitro benzene ring substituents is 1. The molecular formula is C21H23N5O6S. The molecule has 1 heterocycles. The lowest BCUT2D eigenvalue weighted by molar-refractivity contribution is -0.384. The highest BCUT2D eigenvalue weighted by molar-refractivity contribution is 7.89. The second-order valence-electron chi connectivity index (χ2n) is 7.23. The Morgan fingerprint density at radius 1 is 1.09 bits per heavy atom. The molecule has 1 aliphatic heterocycles. The van der Waals surface area contributed by atoms with Gasteiger partial charge in [-0.15, -0.1) is 0 Å². The van der Waals surface area contributed by atoms with Gasteiger partial charge in [-0.1, -0.05) is 26.0 Å². The number of hydrogen-bond acceptors (Lipinski definition) is 8. The number of fused-ring (bicyclic) bond motifs is 1. The van der Waals surface area contributed by atoms with Crippen LogP contribution in [-0.4, -0.2) is 59.7 Å². The van der Waals surface area contributed by atoms with Gasteiger partial charge in [-0.3, -0.25) is 30.0 Å². The van der Waals surface area contributed by atoms with E-state index in [9.17, 15) is 28.1 Å². The van der Waals surface area contributed by atoms with Crippen molar-refractivity contribution in [2.24, 2.45) is 5.10 Å². The zero-order valence-corrected chi connectivity index (χ0v) is 19.1. The fourth-order valence-corrected chi connectivity index (χ4v) is 4.91. The first-order chi connectivity index (χ1) is 15.6. The van der Waals surface area contributed by atoms with Crippen LogP contribution in [0.4, 0.5) is 11.4 Å². The zero-order valence-electron chi connectivity index (χ0n) is 18.3. The van der Waals surface area contributed by atoms with Gasteiger partial charge in [0.15, 0.2) is 0 Å². The molecule has 0 unspecified atom stereocenters. The summed E-state index contributed by atoms with van der Waals surface area (Å²) in [7, 11) is -3.88. The Labute approximate surface area is 190 Å². The van der Waals surface area contributed by atoms with E-state index in [0.29, 0.717) is 16.8 Å². The van der Waals surface area contributed by atoms with E-state index >= 15 is 0 Å². The number of nitrogens with zero attached hydrogens (tertiary/aromatic N) is 4. The van der Waals surface area contributed by atoms with Gasteiger partial charge in [-0.25, -0.2) is 8.42 Å². The van der Waals surface area contributed by atoms with E-state index in [4.69, 9.17) is 0 Å². The summed E-state index contributed by atoms with van der Waals surface area (Å²) in [5, 5.41) is 15.6. The molecule has 0 radical (unpaired) electrons. The van der Waals surface area contributed by atoms with Crippen LogP contribution in [0.1, 0.15) is 41.5 Å². The van der Waals surface area contributed by atoms with Gasteiger partial charge in [0.2, 0.25) is 10.0 Å². The number of amides is 2. The first-order valence-electron chi connectivity index (χ1n) is 10.1. The molecule has 174 valence electrons. The number of carbonyl (C=O) groups is 2. The minimum Gasteiger partial charge on any atom is -0.272 e. The molecule has 0 aromatic heterocycles. The number of sulfonamides is 1. The Bertz CT molecular complexity index is 1220. The topological polar surface area (TPSA) is 142 Å². The number of nitro groups is 1. The van der Waals surface area contributed by atoms with Crippen LogP contribution >= 0.6 is 0 Å². The van der Waals surface area contributed by atoms with Crippen molar-refractivity contribution in [3.05, 3.63) is 63.7 Å². The fourth-order valence-electron chi connectivity index (χ4n) is 3.43. The number of imide groups is 1. The summed E-state index contributed by atoms with van der Waals surface area (Å²) >= 11 is 0. The number of benzene rings is 2. The summed E-state index contributed by atoms with van der Waals surface area (Å²) < 4.78 is 26.6. The minimum absolute atomic E-state index is 0.0276. The Morgan fingerprint density at radius 2 is 1.67 bits per heavy atom. The summed E-state index contributed by atoms with van der Waals surface area (Å²) in [6.07, 6.45) is 0. The van der Waals surface area contributed by atoms with Gasteiger partial charge in [0, 0.05) is 19.2 Å². The van der Waals surface area contributed by atoms with Crippen molar-refractivity contribution in [1.82, 2.24) is 9.21 Å². The highest BCUT2D eigenvalue weighted by Gasteiger charge is 2.35. The van der Waals surface area contributed by atoms with Gasteiger partial charge in [-0.05, 0) is 31.2 Å². The maximum atomic E-state index is 12.7. The van der Waals surface area contributed by atoms with Crippen molar-refractivity contribution in [2.45, 2.75) is 25.7 Å². The van der Waals surface area contributed by atoms with E-state index in [2.05, 4.69) is 10.5 Å². The Balaban J connectivity index is 1.81. The van der Waals surface area contributed by atoms with Crippen LogP contribution in [0.2, 0.25) is 0 Å². The summed E-state index contributed by atoms with van der Waals surface area (Å²) in [5.41, 5.74) is 2.98. The second-order valence-corrected chi connectivity index (χ2v) is 9.16. The molecule has 33 heavy (non-hydrogen) atoms. The summed E-state index contributed by atoms with van der Waals surface area (Å²) in [6, 6.07) is 9.96. The quantitative estimate of drug-likeness (QED) is 0.255. The standard InChI is InChI=1S/C21H23N5O6S/c1-4-24(5-2)33(31,32)15-10-11-18(19(12-15)26(29)30)23-22-14(3)13-25-20(27)16-8-6-7-9-17(16)21(25)28/h6-12,23H,4-5,13H2,1-3H3/b22-14-. The predicted molar refractivity (Wildman–Crippen MR) is 122 cm³/mol. The van der Waals surface area contributed by atoms with E-state index in [0.717, 1.165) is 11.0 Å². The average Bonchev–Trinajstić information content (AvgIpc) is 3.03. The van der Waals surface area contributed by atoms with E-state index in [1.807, 2.05) is 0 Å². The highest BCUT2D eigenvalue weighted by Crippen LogP contribution is 2.29.